The number of amides is 2. The molecule has 4 aromatic rings. The summed E-state index contributed by atoms with van der Waals surface area (Å²) in [4.78, 5) is 42.9. The van der Waals surface area contributed by atoms with Gasteiger partial charge < -0.3 is 15.7 Å². The van der Waals surface area contributed by atoms with Gasteiger partial charge in [-0.15, -0.1) is 23.1 Å². The fraction of sp³-hybridized carbons (Fsp3) is 0.0400. The van der Waals surface area contributed by atoms with E-state index in [1.807, 2.05) is 30.3 Å². The predicted molar refractivity (Wildman–Crippen MR) is 154 cm³/mol. The molecular formula is C25H15Cl4N3O4S2. The maximum absolute atomic E-state index is 13.2. The Labute approximate surface area is 245 Å². The van der Waals surface area contributed by atoms with Gasteiger partial charge in [-0.25, -0.2) is 9.78 Å². The molecule has 1 atom stereocenters. The second-order valence-corrected chi connectivity index (χ2v) is 11.1. The first-order valence-electron chi connectivity index (χ1n) is 10.6. The third-order valence-electron chi connectivity index (χ3n) is 5.06. The van der Waals surface area contributed by atoms with E-state index in [9.17, 15) is 19.5 Å². The molecule has 0 aliphatic rings. The molecule has 0 saturated heterocycles. The van der Waals surface area contributed by atoms with Crippen LogP contribution in [-0.2, 0) is 4.79 Å². The SMILES string of the molecule is O=C(O)c1c(Cl)c(Cl)c(Cl)c(Cl)c1C(=O)Nc1cccc(SC(C(=O)Nc2nccs2)c2ccccc2)c1. The monoisotopic (exact) mass is 625 g/mol. The van der Waals surface area contributed by atoms with Crippen LogP contribution in [0.2, 0.25) is 20.1 Å². The van der Waals surface area contributed by atoms with Gasteiger partial charge in [-0.05, 0) is 23.8 Å². The minimum absolute atomic E-state index is 0.241. The van der Waals surface area contributed by atoms with E-state index in [2.05, 4.69) is 15.6 Å². The van der Waals surface area contributed by atoms with Crippen LogP contribution in [0, 0.1) is 0 Å². The van der Waals surface area contributed by atoms with Crippen LogP contribution in [0.1, 0.15) is 31.5 Å². The maximum atomic E-state index is 13.2. The number of nitrogens with one attached hydrogen (secondary N) is 2. The summed E-state index contributed by atoms with van der Waals surface area (Å²) in [5, 5.41) is 15.4. The van der Waals surface area contributed by atoms with Gasteiger partial charge in [0.15, 0.2) is 5.13 Å². The molecular weight excluding hydrogens is 612 g/mol. The molecule has 0 aliphatic heterocycles. The number of aromatic carboxylic acids is 1. The average molecular weight is 627 g/mol. The highest BCUT2D eigenvalue weighted by molar-refractivity contribution is 8.00. The smallest absolute Gasteiger partial charge is 0.338 e. The number of rotatable bonds is 8. The quantitative estimate of drug-likeness (QED) is 0.103. The second-order valence-electron chi connectivity index (χ2n) is 7.53. The molecule has 0 radical (unpaired) electrons. The van der Waals surface area contributed by atoms with Gasteiger partial charge >= 0.3 is 5.97 Å². The molecule has 0 spiro atoms. The van der Waals surface area contributed by atoms with Crippen molar-refractivity contribution in [1.82, 2.24) is 4.98 Å². The van der Waals surface area contributed by atoms with Crippen LogP contribution in [0.3, 0.4) is 0 Å². The standard InChI is InChI=1S/C25H15Cl4N3O4S2/c26-17-15(16(24(35)36)18(27)20(29)19(17)28)22(33)31-13-7-4-8-14(11-13)38-21(12-5-2-1-3-6-12)23(34)32-25-30-9-10-37-25/h1-11,21H,(H,31,33)(H,35,36)(H,30,32,34). The van der Waals surface area contributed by atoms with Gasteiger partial charge in [0.1, 0.15) is 5.25 Å². The zero-order chi connectivity index (χ0) is 27.4. The van der Waals surface area contributed by atoms with Crippen LogP contribution in [-0.4, -0.2) is 27.9 Å². The molecule has 3 N–H and O–H groups in total. The summed E-state index contributed by atoms with van der Waals surface area (Å²) in [7, 11) is 0. The number of carboxylic acid groups (broad SMARTS) is 1. The number of carboxylic acids is 1. The van der Waals surface area contributed by atoms with Gasteiger partial charge in [-0.2, -0.15) is 0 Å². The summed E-state index contributed by atoms with van der Waals surface area (Å²) in [6.07, 6.45) is 1.60. The number of anilines is 2. The first-order valence-corrected chi connectivity index (χ1v) is 13.9. The number of aromatic nitrogens is 1. The van der Waals surface area contributed by atoms with E-state index in [1.54, 1.807) is 35.8 Å². The molecule has 1 heterocycles. The van der Waals surface area contributed by atoms with Crippen molar-refractivity contribution in [2.24, 2.45) is 0 Å². The fourth-order valence-corrected chi connectivity index (χ4v) is 6.01. The molecule has 0 fully saturated rings. The summed E-state index contributed by atoms with van der Waals surface area (Å²) < 4.78 is 0. The Bertz CT molecular complexity index is 1520. The van der Waals surface area contributed by atoms with Crippen LogP contribution >= 0.6 is 69.5 Å². The third-order valence-corrected chi connectivity index (χ3v) is 8.80. The number of benzene rings is 3. The summed E-state index contributed by atoms with van der Waals surface area (Å²) in [5.41, 5.74) is 0.0878. The number of carbonyl (C=O) groups is 3. The molecule has 1 unspecified atom stereocenters. The summed E-state index contributed by atoms with van der Waals surface area (Å²) in [6, 6.07) is 15.9. The Morgan fingerprint density at radius 3 is 2.18 bits per heavy atom. The van der Waals surface area contributed by atoms with Crippen molar-refractivity contribution in [3.05, 3.63) is 103 Å². The van der Waals surface area contributed by atoms with Crippen LogP contribution in [0.5, 0.6) is 0 Å². The van der Waals surface area contributed by atoms with E-state index in [4.69, 9.17) is 46.4 Å². The molecule has 7 nitrogen and oxygen atoms in total. The highest BCUT2D eigenvalue weighted by Gasteiger charge is 2.29. The lowest BCUT2D eigenvalue weighted by atomic mass is 10.1. The Morgan fingerprint density at radius 1 is 0.868 bits per heavy atom. The number of thiazole rings is 1. The minimum Gasteiger partial charge on any atom is -0.478 e. The van der Waals surface area contributed by atoms with E-state index in [-0.39, 0.29) is 21.0 Å². The molecule has 0 bridgehead atoms. The molecule has 2 amide bonds. The van der Waals surface area contributed by atoms with Crippen LogP contribution in [0.4, 0.5) is 10.8 Å². The second kappa shape index (κ2) is 12.4. The summed E-state index contributed by atoms with van der Waals surface area (Å²) in [5.74, 6) is -2.62. The Kier molecular flexibility index (Phi) is 9.19. The normalized spacial score (nSPS) is 11.6. The van der Waals surface area contributed by atoms with Crippen molar-refractivity contribution in [1.29, 1.82) is 0 Å². The van der Waals surface area contributed by atoms with E-state index >= 15 is 0 Å². The van der Waals surface area contributed by atoms with Crippen molar-refractivity contribution in [2.75, 3.05) is 10.6 Å². The Balaban J connectivity index is 1.62. The van der Waals surface area contributed by atoms with Gasteiger partial charge in [-0.3, -0.25) is 9.59 Å². The predicted octanol–water partition coefficient (Wildman–Crippen LogP) is 8.18. The molecule has 194 valence electrons. The zero-order valence-corrected chi connectivity index (χ0v) is 23.5. The van der Waals surface area contributed by atoms with E-state index < -0.39 is 33.3 Å². The molecule has 0 aliphatic carbocycles. The number of carbonyl (C=O) groups excluding carboxylic acids is 2. The van der Waals surface area contributed by atoms with Crippen LogP contribution < -0.4 is 10.6 Å². The van der Waals surface area contributed by atoms with Gasteiger partial charge in [0.25, 0.3) is 5.91 Å². The molecule has 38 heavy (non-hydrogen) atoms. The van der Waals surface area contributed by atoms with E-state index in [1.165, 1.54) is 23.1 Å². The molecule has 13 heteroatoms. The lowest BCUT2D eigenvalue weighted by Crippen LogP contribution is -2.19. The largest absolute Gasteiger partial charge is 0.478 e. The van der Waals surface area contributed by atoms with Gasteiger partial charge in [0, 0.05) is 22.2 Å². The molecule has 4 rings (SSSR count). The third kappa shape index (κ3) is 6.26. The zero-order valence-electron chi connectivity index (χ0n) is 18.9. The molecule has 0 saturated carbocycles. The first-order chi connectivity index (χ1) is 18.2. The highest BCUT2D eigenvalue weighted by atomic mass is 35.5. The van der Waals surface area contributed by atoms with Crippen molar-refractivity contribution in [3.63, 3.8) is 0 Å². The lowest BCUT2D eigenvalue weighted by molar-refractivity contribution is -0.115. The van der Waals surface area contributed by atoms with E-state index in [0.29, 0.717) is 15.7 Å². The van der Waals surface area contributed by atoms with Gasteiger partial charge in [0.2, 0.25) is 5.91 Å². The summed E-state index contributed by atoms with van der Waals surface area (Å²) in [6.45, 7) is 0. The number of nitrogens with zero attached hydrogens (tertiary/aromatic N) is 1. The Morgan fingerprint density at radius 2 is 1.55 bits per heavy atom. The average Bonchev–Trinajstić information content (AvgIpc) is 3.41. The number of halogens is 4. The summed E-state index contributed by atoms with van der Waals surface area (Å²) >= 11 is 26.9. The van der Waals surface area contributed by atoms with Crippen molar-refractivity contribution in [3.8, 4) is 0 Å². The topological polar surface area (TPSA) is 108 Å². The van der Waals surface area contributed by atoms with Crippen molar-refractivity contribution in [2.45, 2.75) is 10.1 Å². The minimum atomic E-state index is -1.50. The number of thioether (sulfide) groups is 1. The maximum Gasteiger partial charge on any atom is 0.338 e. The highest BCUT2D eigenvalue weighted by Crippen LogP contribution is 2.42. The lowest BCUT2D eigenvalue weighted by Gasteiger charge is -2.17. The van der Waals surface area contributed by atoms with Gasteiger partial charge in [-0.1, -0.05) is 82.8 Å². The number of hydrogen-bond acceptors (Lipinski definition) is 6. The first kappa shape index (κ1) is 28.2. The Hall–Kier alpha value is -2.79. The van der Waals surface area contributed by atoms with Gasteiger partial charge in [0.05, 0.1) is 31.2 Å². The van der Waals surface area contributed by atoms with Crippen LogP contribution in [0.25, 0.3) is 0 Å². The van der Waals surface area contributed by atoms with Crippen molar-refractivity contribution < 1.29 is 19.5 Å². The molecule has 1 aromatic heterocycles. The van der Waals surface area contributed by atoms with Crippen LogP contribution in [0.15, 0.2) is 71.1 Å². The fourth-order valence-electron chi connectivity index (χ4n) is 3.38. The number of hydrogen-bond donors (Lipinski definition) is 3. The molecule has 3 aromatic carbocycles. The van der Waals surface area contributed by atoms with E-state index in [0.717, 1.165) is 5.56 Å². The van der Waals surface area contributed by atoms with Crippen molar-refractivity contribution >= 4 is 98.1 Å².